The van der Waals surface area contributed by atoms with E-state index >= 15 is 0 Å². The summed E-state index contributed by atoms with van der Waals surface area (Å²) < 4.78 is 6.70. The van der Waals surface area contributed by atoms with Gasteiger partial charge in [-0.1, -0.05) is 5.16 Å². The molecule has 140 valence electrons. The van der Waals surface area contributed by atoms with Crippen LogP contribution in [0.5, 0.6) is 0 Å². The number of hydrogen-bond acceptors (Lipinski definition) is 6. The quantitative estimate of drug-likeness (QED) is 0.867. The predicted octanol–water partition coefficient (Wildman–Crippen LogP) is 0.812. The van der Waals surface area contributed by atoms with Crippen molar-refractivity contribution >= 4 is 17.5 Å². The van der Waals surface area contributed by atoms with E-state index < -0.39 is 0 Å². The van der Waals surface area contributed by atoms with E-state index in [9.17, 15) is 9.59 Å². The van der Waals surface area contributed by atoms with Crippen LogP contribution in [0.15, 0.2) is 16.8 Å². The van der Waals surface area contributed by atoms with Crippen molar-refractivity contribution in [2.45, 2.75) is 20.3 Å². The lowest BCUT2D eigenvalue weighted by atomic mass is 10.3. The lowest BCUT2D eigenvalue weighted by molar-refractivity contribution is -0.117. The molecule has 1 aliphatic heterocycles. The topological polar surface area (TPSA) is 96.5 Å². The maximum atomic E-state index is 12.5. The van der Waals surface area contributed by atoms with Crippen LogP contribution in [0.2, 0.25) is 0 Å². The van der Waals surface area contributed by atoms with E-state index in [1.54, 1.807) is 28.8 Å². The summed E-state index contributed by atoms with van der Waals surface area (Å²) in [6.07, 6.45) is 2.46. The summed E-state index contributed by atoms with van der Waals surface area (Å²) in [5.74, 6) is 0.416. The maximum absolute atomic E-state index is 12.5. The van der Waals surface area contributed by atoms with E-state index in [2.05, 4.69) is 20.5 Å². The molecule has 1 fully saturated rings. The van der Waals surface area contributed by atoms with Crippen LogP contribution in [-0.2, 0) is 11.8 Å². The minimum atomic E-state index is -0.126. The lowest BCUT2D eigenvalue weighted by Gasteiger charge is -2.21. The Kier molecular flexibility index (Phi) is 5.36. The number of nitrogens with one attached hydrogen (secondary N) is 1. The number of anilines is 1. The van der Waals surface area contributed by atoms with Gasteiger partial charge in [-0.2, -0.15) is 5.10 Å². The second-order valence-electron chi connectivity index (χ2n) is 6.56. The monoisotopic (exact) mass is 360 g/mol. The Morgan fingerprint density at radius 1 is 1.23 bits per heavy atom. The molecule has 0 atom stereocenters. The number of aryl methyl sites for hydroxylation is 2. The van der Waals surface area contributed by atoms with Crippen molar-refractivity contribution < 1.29 is 14.1 Å². The summed E-state index contributed by atoms with van der Waals surface area (Å²) in [6.45, 7) is 6.57. The first-order chi connectivity index (χ1) is 12.4. The Morgan fingerprint density at radius 3 is 2.69 bits per heavy atom. The van der Waals surface area contributed by atoms with Gasteiger partial charge in [-0.15, -0.1) is 0 Å². The molecule has 2 aromatic heterocycles. The molecule has 0 unspecified atom stereocenters. The largest absolute Gasteiger partial charge is 0.361 e. The highest BCUT2D eigenvalue weighted by Crippen LogP contribution is 2.13. The van der Waals surface area contributed by atoms with E-state index in [0.29, 0.717) is 37.6 Å². The number of amides is 2. The second kappa shape index (κ2) is 7.69. The van der Waals surface area contributed by atoms with Crippen LogP contribution >= 0.6 is 0 Å². The highest BCUT2D eigenvalue weighted by atomic mass is 16.5. The molecule has 0 aliphatic carbocycles. The van der Waals surface area contributed by atoms with Gasteiger partial charge in [0.05, 0.1) is 24.1 Å². The van der Waals surface area contributed by atoms with Crippen LogP contribution < -0.4 is 5.32 Å². The summed E-state index contributed by atoms with van der Waals surface area (Å²) >= 11 is 0. The Morgan fingerprint density at radius 2 is 2.04 bits per heavy atom. The molecule has 0 radical (unpaired) electrons. The number of carbonyl (C=O) groups excluding carboxylic acids is 2. The van der Waals surface area contributed by atoms with Crippen molar-refractivity contribution in [2.75, 3.05) is 38.0 Å². The summed E-state index contributed by atoms with van der Waals surface area (Å²) in [4.78, 5) is 28.6. The van der Waals surface area contributed by atoms with Gasteiger partial charge >= 0.3 is 0 Å². The first-order valence-electron chi connectivity index (χ1n) is 8.67. The molecule has 3 rings (SSSR count). The third-order valence-electron chi connectivity index (χ3n) is 4.60. The van der Waals surface area contributed by atoms with E-state index in [1.807, 2.05) is 14.0 Å². The second-order valence-corrected chi connectivity index (χ2v) is 6.56. The number of rotatable bonds is 4. The fourth-order valence-corrected chi connectivity index (χ4v) is 2.98. The van der Waals surface area contributed by atoms with Gasteiger partial charge in [0.2, 0.25) is 5.91 Å². The first kappa shape index (κ1) is 18.1. The van der Waals surface area contributed by atoms with E-state index in [4.69, 9.17) is 4.52 Å². The molecule has 0 aromatic carbocycles. The number of hydrogen-bond donors (Lipinski definition) is 1. The minimum absolute atomic E-state index is 0.0759. The molecule has 26 heavy (non-hydrogen) atoms. The Hall–Kier alpha value is -2.68. The van der Waals surface area contributed by atoms with Gasteiger partial charge in [0.25, 0.3) is 5.91 Å². The zero-order valence-corrected chi connectivity index (χ0v) is 15.4. The van der Waals surface area contributed by atoms with Gasteiger partial charge in [0.15, 0.2) is 5.69 Å². The van der Waals surface area contributed by atoms with Crippen molar-refractivity contribution in [3.8, 4) is 0 Å². The highest BCUT2D eigenvalue weighted by Gasteiger charge is 2.23. The van der Waals surface area contributed by atoms with E-state index in [1.165, 1.54) is 0 Å². The summed E-state index contributed by atoms with van der Waals surface area (Å²) in [6, 6.07) is 1.65. The molecule has 9 heteroatoms. The van der Waals surface area contributed by atoms with Gasteiger partial charge in [0.1, 0.15) is 5.76 Å². The van der Waals surface area contributed by atoms with Crippen LogP contribution in [0.3, 0.4) is 0 Å². The standard InChI is InChI=1S/C17H24N6O3/c1-12-9-14(20-26-12)17(25)23-6-4-5-22(7-8-23)11-16(24)19-15-10-18-21(3)13(15)2/h9-10H,4-8,11H2,1-3H3,(H,19,24). The Bertz CT molecular complexity index is 796. The molecule has 2 amide bonds. The Labute approximate surface area is 151 Å². The fourth-order valence-electron chi connectivity index (χ4n) is 2.98. The molecule has 1 aliphatic rings. The van der Waals surface area contributed by atoms with E-state index in [-0.39, 0.29) is 11.8 Å². The third kappa shape index (κ3) is 4.10. The Balaban J connectivity index is 1.52. The zero-order valence-electron chi connectivity index (χ0n) is 15.4. The third-order valence-corrected chi connectivity index (χ3v) is 4.60. The van der Waals surface area contributed by atoms with Crippen molar-refractivity contribution in [2.24, 2.45) is 7.05 Å². The summed E-state index contributed by atoms with van der Waals surface area (Å²) in [7, 11) is 1.84. The SMILES string of the molecule is Cc1cc(C(=O)N2CCCN(CC(=O)Nc3cnn(C)c3C)CC2)no1. The normalized spacial score (nSPS) is 15.7. The predicted molar refractivity (Wildman–Crippen MR) is 94.8 cm³/mol. The smallest absolute Gasteiger partial charge is 0.276 e. The minimum Gasteiger partial charge on any atom is -0.361 e. The molecular weight excluding hydrogens is 336 g/mol. The molecular formula is C17H24N6O3. The van der Waals surface area contributed by atoms with Gasteiger partial charge in [-0.25, -0.2) is 0 Å². The average Bonchev–Trinajstić information content (AvgIpc) is 3.08. The van der Waals surface area contributed by atoms with Crippen molar-refractivity contribution in [1.82, 2.24) is 24.7 Å². The van der Waals surface area contributed by atoms with Crippen LogP contribution in [0.25, 0.3) is 0 Å². The average molecular weight is 360 g/mol. The maximum Gasteiger partial charge on any atom is 0.276 e. The van der Waals surface area contributed by atoms with Crippen LogP contribution in [0.4, 0.5) is 5.69 Å². The van der Waals surface area contributed by atoms with Crippen molar-refractivity contribution in [1.29, 1.82) is 0 Å². The molecule has 1 saturated heterocycles. The lowest BCUT2D eigenvalue weighted by Crippen LogP contribution is -2.38. The zero-order chi connectivity index (χ0) is 18.7. The van der Waals surface area contributed by atoms with Crippen LogP contribution in [0, 0.1) is 13.8 Å². The fraction of sp³-hybridized carbons (Fsp3) is 0.529. The number of carbonyl (C=O) groups is 2. The molecule has 0 saturated carbocycles. The number of nitrogens with zero attached hydrogens (tertiary/aromatic N) is 5. The number of aromatic nitrogens is 3. The van der Waals surface area contributed by atoms with Gasteiger partial charge in [-0.3, -0.25) is 19.2 Å². The molecule has 0 spiro atoms. The van der Waals surface area contributed by atoms with Gasteiger partial charge < -0.3 is 14.7 Å². The van der Waals surface area contributed by atoms with Crippen LogP contribution in [-0.4, -0.2) is 69.3 Å². The van der Waals surface area contributed by atoms with Crippen molar-refractivity contribution in [3.05, 3.63) is 29.4 Å². The summed E-state index contributed by atoms with van der Waals surface area (Å²) in [5.41, 5.74) is 1.97. The van der Waals surface area contributed by atoms with Crippen LogP contribution in [0.1, 0.15) is 28.4 Å². The molecule has 0 bridgehead atoms. The molecule has 3 heterocycles. The van der Waals surface area contributed by atoms with Gasteiger partial charge in [-0.05, 0) is 20.3 Å². The first-order valence-corrected chi connectivity index (χ1v) is 8.67. The molecule has 9 nitrogen and oxygen atoms in total. The van der Waals surface area contributed by atoms with Crippen molar-refractivity contribution in [3.63, 3.8) is 0 Å². The summed E-state index contributed by atoms with van der Waals surface area (Å²) in [5, 5.41) is 10.8. The van der Waals surface area contributed by atoms with Gasteiger partial charge in [0, 0.05) is 39.3 Å². The molecule has 2 aromatic rings. The van der Waals surface area contributed by atoms with E-state index in [0.717, 1.165) is 24.3 Å². The molecule has 1 N–H and O–H groups in total. The highest BCUT2D eigenvalue weighted by molar-refractivity contribution is 5.93.